The van der Waals surface area contributed by atoms with Gasteiger partial charge in [-0.05, 0) is 5.92 Å². The molecule has 0 heterocycles. The van der Waals surface area contributed by atoms with Gasteiger partial charge in [-0.2, -0.15) is 0 Å². The summed E-state index contributed by atoms with van der Waals surface area (Å²) in [5, 5.41) is 0. The van der Waals surface area contributed by atoms with Gasteiger partial charge in [-0.25, -0.2) is 0 Å². The van der Waals surface area contributed by atoms with Gasteiger partial charge in [-0.3, -0.25) is 0 Å². The average Bonchev–Trinajstić information content (AvgIpc) is 1.72. The molecule has 0 bridgehead atoms. The molecule has 0 aliphatic carbocycles. The summed E-state index contributed by atoms with van der Waals surface area (Å²) in [6.45, 7) is 6.73. The molecule has 0 aliphatic heterocycles. The second-order valence-corrected chi connectivity index (χ2v) is 2.18. The monoisotopic (exact) mass is 130 g/mol. The fourth-order valence-electron chi connectivity index (χ4n) is 0.577. The molecule has 0 saturated heterocycles. The van der Waals surface area contributed by atoms with Gasteiger partial charge in [-0.1, -0.05) is 33.6 Å². The first kappa shape index (κ1) is 11.2. The van der Waals surface area contributed by atoms with Gasteiger partial charge < -0.3 is 0 Å². The maximum atomic E-state index is 8.28. The van der Waals surface area contributed by atoms with Crippen molar-refractivity contribution < 1.29 is 3.80 Å². The Bertz CT molecular complexity index is 37.5. The van der Waals surface area contributed by atoms with E-state index >= 15 is 0 Å². The van der Waals surface area contributed by atoms with Crippen LogP contribution in [0.25, 0.3) is 0 Å². The van der Waals surface area contributed by atoms with Crippen LogP contribution in [0.2, 0.25) is 0 Å². The summed E-state index contributed by atoms with van der Waals surface area (Å²) in [6.07, 6.45) is 2.71. The van der Waals surface area contributed by atoms with Gasteiger partial charge >= 0.3 is 20.0 Å². The van der Waals surface area contributed by atoms with E-state index in [0.29, 0.717) is 16.2 Å². The minimum absolute atomic E-state index is 0.611. The molecule has 0 rings (SSSR count). The third-order valence-corrected chi connectivity index (χ3v) is 0.866. The second kappa shape index (κ2) is 10.3. The van der Waals surface area contributed by atoms with Crippen molar-refractivity contribution in [2.75, 3.05) is 0 Å². The Morgan fingerprint density at radius 1 is 1.38 bits per heavy atom. The molecule has 0 N–H and O–H groups in total. The van der Waals surface area contributed by atoms with E-state index in [1.54, 1.807) is 0 Å². The van der Waals surface area contributed by atoms with E-state index in [1.807, 2.05) is 0 Å². The molecule has 0 radical (unpaired) electrons. The van der Waals surface area contributed by atoms with E-state index in [1.165, 1.54) is 12.8 Å². The van der Waals surface area contributed by atoms with Crippen LogP contribution in [-0.2, 0) is 3.80 Å². The Labute approximate surface area is 60.1 Å². The van der Waals surface area contributed by atoms with Crippen molar-refractivity contribution in [1.82, 2.24) is 0 Å². The van der Waals surface area contributed by atoms with E-state index in [0.717, 1.165) is 5.92 Å². The normalized spacial score (nSPS) is 7.88. The molecule has 2 heteroatoms. The molecular formula is C6H15AlO. The van der Waals surface area contributed by atoms with Gasteiger partial charge in [0.2, 0.25) is 0 Å². The van der Waals surface area contributed by atoms with E-state index in [-0.39, 0.29) is 0 Å². The van der Waals surface area contributed by atoms with E-state index in [9.17, 15) is 0 Å². The van der Waals surface area contributed by atoms with Crippen molar-refractivity contribution in [3.8, 4) is 0 Å². The van der Waals surface area contributed by atoms with Crippen LogP contribution in [0.15, 0.2) is 0 Å². The number of hydrogen-bond acceptors (Lipinski definition) is 1. The van der Waals surface area contributed by atoms with Crippen molar-refractivity contribution in [2.45, 2.75) is 33.6 Å². The molecule has 0 saturated carbocycles. The van der Waals surface area contributed by atoms with Gasteiger partial charge in [0.05, 0.1) is 0 Å². The Balaban J connectivity index is 0. The molecule has 0 fully saturated rings. The molecule has 0 unspecified atom stereocenters. The Morgan fingerprint density at radius 2 is 1.75 bits per heavy atom. The molecule has 8 heavy (non-hydrogen) atoms. The quantitative estimate of drug-likeness (QED) is 0.520. The maximum absolute atomic E-state index is 8.28. The third-order valence-electron chi connectivity index (χ3n) is 0.866. The predicted molar refractivity (Wildman–Crippen MR) is 37.6 cm³/mol. The zero-order valence-electron chi connectivity index (χ0n) is 6.11. The Kier molecular flexibility index (Phi) is 14.4. The Hall–Kier alpha value is 0.332. The van der Waals surface area contributed by atoms with Crippen LogP contribution in [0.5, 0.6) is 0 Å². The molecule has 0 atom stereocenters. The predicted octanol–water partition coefficient (Wildman–Crippen LogP) is 1.68. The van der Waals surface area contributed by atoms with Crippen molar-refractivity contribution in [2.24, 2.45) is 5.92 Å². The summed E-state index contributed by atoms with van der Waals surface area (Å²) < 4.78 is 8.28. The van der Waals surface area contributed by atoms with Crippen LogP contribution in [0, 0.1) is 5.92 Å². The number of rotatable bonds is 2. The van der Waals surface area contributed by atoms with Gasteiger partial charge in [-0.15, -0.1) is 0 Å². The zero-order valence-corrected chi connectivity index (χ0v) is 7.52. The first-order valence-corrected chi connectivity index (χ1v) is 3.64. The molecule has 48 valence electrons. The molecule has 0 aromatic rings. The van der Waals surface area contributed by atoms with E-state index in [2.05, 4.69) is 20.8 Å². The van der Waals surface area contributed by atoms with Crippen LogP contribution in [-0.4, -0.2) is 16.2 Å². The van der Waals surface area contributed by atoms with Gasteiger partial charge in [0.15, 0.2) is 0 Å². The van der Waals surface area contributed by atoms with E-state index < -0.39 is 0 Å². The first-order chi connectivity index (χ1) is 3.77. The second-order valence-electron chi connectivity index (χ2n) is 2.18. The van der Waals surface area contributed by atoms with Crippen molar-refractivity contribution in [1.29, 1.82) is 0 Å². The zero-order chi connectivity index (χ0) is 6.99. The molecule has 0 aromatic carbocycles. The molecule has 0 spiro atoms. The SMILES string of the molecule is CCCC(C)C.[O]=[AlH]. The Morgan fingerprint density at radius 3 is 1.75 bits per heavy atom. The van der Waals surface area contributed by atoms with Crippen molar-refractivity contribution in [3.63, 3.8) is 0 Å². The molecule has 0 amide bonds. The summed E-state index contributed by atoms with van der Waals surface area (Å²) in [5.41, 5.74) is 0. The standard InChI is InChI=1S/C6H14.Al.O.H/c1-4-5-6(2)3;;;/h6H,4-5H2,1-3H3;;;. The third kappa shape index (κ3) is 16.2. The molecule has 0 aliphatic rings. The fourth-order valence-corrected chi connectivity index (χ4v) is 0.577. The summed E-state index contributed by atoms with van der Waals surface area (Å²) in [6, 6.07) is 0. The molecular weight excluding hydrogens is 115 g/mol. The van der Waals surface area contributed by atoms with Crippen molar-refractivity contribution in [3.05, 3.63) is 0 Å². The van der Waals surface area contributed by atoms with Crippen LogP contribution in [0.4, 0.5) is 0 Å². The fraction of sp³-hybridized carbons (Fsp3) is 1.00. The minimum atomic E-state index is 0.611. The first-order valence-electron chi connectivity index (χ1n) is 3.06. The van der Waals surface area contributed by atoms with Crippen LogP contribution >= 0.6 is 0 Å². The molecule has 0 aromatic heterocycles. The number of hydrogen-bond donors (Lipinski definition) is 0. The topological polar surface area (TPSA) is 17.1 Å². The summed E-state index contributed by atoms with van der Waals surface area (Å²) >= 11 is 0.611. The average molecular weight is 130 g/mol. The van der Waals surface area contributed by atoms with Gasteiger partial charge in [0.25, 0.3) is 0 Å². The molecule has 1 nitrogen and oxygen atoms in total. The van der Waals surface area contributed by atoms with Crippen LogP contribution < -0.4 is 0 Å². The summed E-state index contributed by atoms with van der Waals surface area (Å²) in [4.78, 5) is 0. The summed E-state index contributed by atoms with van der Waals surface area (Å²) in [7, 11) is 0. The van der Waals surface area contributed by atoms with Crippen LogP contribution in [0.1, 0.15) is 33.6 Å². The summed E-state index contributed by atoms with van der Waals surface area (Å²) in [5.74, 6) is 0.898. The van der Waals surface area contributed by atoms with Crippen LogP contribution in [0.3, 0.4) is 0 Å². The van der Waals surface area contributed by atoms with E-state index in [4.69, 9.17) is 3.80 Å². The van der Waals surface area contributed by atoms with Gasteiger partial charge in [0.1, 0.15) is 0 Å². The van der Waals surface area contributed by atoms with Gasteiger partial charge in [0, 0.05) is 0 Å². The van der Waals surface area contributed by atoms with Crippen molar-refractivity contribution >= 4 is 16.2 Å².